The summed E-state index contributed by atoms with van der Waals surface area (Å²) in [4.78, 5) is 28.5. The number of nitrogen functional groups attached to an aromatic ring is 1. The lowest BCUT2D eigenvalue weighted by atomic mass is 10.1. The predicted molar refractivity (Wildman–Crippen MR) is 94.9 cm³/mol. The molecule has 0 radical (unpaired) electrons. The van der Waals surface area contributed by atoms with E-state index in [0.717, 1.165) is 5.56 Å². The van der Waals surface area contributed by atoms with Gasteiger partial charge in [-0.2, -0.15) is 0 Å². The fourth-order valence-corrected chi connectivity index (χ4v) is 3.12. The first-order valence-corrected chi connectivity index (χ1v) is 8.22. The molecule has 0 fully saturated rings. The van der Waals surface area contributed by atoms with E-state index < -0.39 is 0 Å². The van der Waals surface area contributed by atoms with Gasteiger partial charge in [0.05, 0.1) is 5.39 Å². The summed E-state index contributed by atoms with van der Waals surface area (Å²) in [5.74, 6) is 0.594. The van der Waals surface area contributed by atoms with Crippen molar-refractivity contribution < 1.29 is 0 Å². The molecule has 7 heteroatoms. The molecule has 0 aliphatic carbocycles. The number of aromatic amines is 1. The molecule has 0 amide bonds. The maximum atomic E-state index is 12.4. The minimum Gasteiger partial charge on any atom is -0.375 e. The molecule has 3 N–H and O–H groups in total. The minimum atomic E-state index is -0.183. The van der Waals surface area contributed by atoms with Crippen molar-refractivity contribution in [2.75, 3.05) is 5.73 Å². The molecule has 4 rings (SSSR count). The highest BCUT2D eigenvalue weighted by atomic mass is 32.1. The summed E-state index contributed by atoms with van der Waals surface area (Å²) >= 11 is 1.33. The number of hydrogen-bond donors (Lipinski definition) is 2. The molecular formula is C17H13N5OS. The molecule has 3 heterocycles. The van der Waals surface area contributed by atoms with E-state index >= 15 is 0 Å². The summed E-state index contributed by atoms with van der Waals surface area (Å²) in [6, 6.07) is 11.5. The normalized spacial score (nSPS) is 11.0. The Morgan fingerprint density at radius 3 is 2.71 bits per heavy atom. The average molecular weight is 335 g/mol. The molecule has 4 aromatic rings. The van der Waals surface area contributed by atoms with Gasteiger partial charge in [-0.1, -0.05) is 30.3 Å². The van der Waals surface area contributed by atoms with Crippen LogP contribution < -0.4 is 11.3 Å². The Kier molecular flexibility index (Phi) is 3.55. The summed E-state index contributed by atoms with van der Waals surface area (Å²) < 4.78 is 0. The lowest BCUT2D eigenvalue weighted by Gasteiger charge is -2.06. The molecule has 24 heavy (non-hydrogen) atoms. The molecule has 3 aromatic heterocycles. The van der Waals surface area contributed by atoms with Gasteiger partial charge in [-0.05, 0) is 11.6 Å². The van der Waals surface area contributed by atoms with Crippen LogP contribution in [0.25, 0.3) is 22.3 Å². The van der Waals surface area contributed by atoms with Crippen molar-refractivity contribution in [2.45, 2.75) is 6.42 Å². The molecule has 0 saturated heterocycles. The third-order valence-corrected chi connectivity index (χ3v) is 4.33. The first-order chi connectivity index (χ1) is 11.7. The van der Waals surface area contributed by atoms with Gasteiger partial charge >= 0.3 is 0 Å². The van der Waals surface area contributed by atoms with Crippen LogP contribution in [0.1, 0.15) is 11.4 Å². The molecule has 0 atom stereocenters. The van der Waals surface area contributed by atoms with Gasteiger partial charge in [0.15, 0.2) is 5.13 Å². The van der Waals surface area contributed by atoms with Crippen molar-refractivity contribution >= 4 is 27.4 Å². The lowest BCUT2D eigenvalue weighted by molar-refractivity contribution is 0.971. The van der Waals surface area contributed by atoms with Gasteiger partial charge in [0.2, 0.25) is 0 Å². The molecule has 6 nitrogen and oxygen atoms in total. The Hall–Kier alpha value is -3.06. The van der Waals surface area contributed by atoms with E-state index in [4.69, 9.17) is 5.73 Å². The molecular weight excluding hydrogens is 322 g/mol. The van der Waals surface area contributed by atoms with E-state index in [1.807, 2.05) is 35.7 Å². The van der Waals surface area contributed by atoms with E-state index in [2.05, 4.69) is 19.9 Å². The quantitative estimate of drug-likeness (QED) is 0.600. The highest BCUT2D eigenvalue weighted by Gasteiger charge is 2.13. The first kappa shape index (κ1) is 14.5. The maximum Gasteiger partial charge on any atom is 0.258 e. The molecule has 0 aliphatic rings. The number of benzene rings is 1. The van der Waals surface area contributed by atoms with E-state index in [9.17, 15) is 4.79 Å². The van der Waals surface area contributed by atoms with Crippen LogP contribution in [0.5, 0.6) is 0 Å². The predicted octanol–water partition coefficient (Wildman–Crippen LogP) is 2.61. The number of nitrogens with zero attached hydrogens (tertiary/aromatic N) is 3. The number of pyridine rings is 1. The van der Waals surface area contributed by atoms with E-state index in [0.29, 0.717) is 39.7 Å². The van der Waals surface area contributed by atoms with Crippen molar-refractivity contribution in [1.82, 2.24) is 19.9 Å². The Labute approximate surface area is 141 Å². The van der Waals surface area contributed by atoms with Gasteiger partial charge in [0.25, 0.3) is 5.56 Å². The summed E-state index contributed by atoms with van der Waals surface area (Å²) in [6.45, 7) is 0. The van der Waals surface area contributed by atoms with Crippen LogP contribution in [-0.4, -0.2) is 19.9 Å². The number of hydrogen-bond acceptors (Lipinski definition) is 6. The average Bonchev–Trinajstić information content (AvgIpc) is 3.02. The van der Waals surface area contributed by atoms with Gasteiger partial charge in [0, 0.05) is 18.0 Å². The third-order valence-electron chi connectivity index (χ3n) is 3.65. The van der Waals surface area contributed by atoms with Gasteiger partial charge in [0.1, 0.15) is 22.7 Å². The number of nitrogens with two attached hydrogens (primary N) is 1. The summed E-state index contributed by atoms with van der Waals surface area (Å²) in [6.07, 6.45) is 2.13. The number of rotatable bonds is 3. The molecule has 0 spiro atoms. The zero-order chi connectivity index (χ0) is 16.5. The Bertz CT molecular complexity index is 1070. The fraction of sp³-hybridized carbons (Fsp3) is 0.0588. The Balaban J connectivity index is 1.88. The zero-order valence-corrected chi connectivity index (χ0v) is 13.4. The van der Waals surface area contributed by atoms with Crippen molar-refractivity contribution in [2.24, 2.45) is 0 Å². The Morgan fingerprint density at radius 1 is 1.12 bits per heavy atom. The van der Waals surface area contributed by atoms with Gasteiger partial charge < -0.3 is 10.7 Å². The standard InChI is InChI=1S/C17H13N5OS/c18-17-20-12(9-24-17)15-14-11(6-7-19-15)16(23)22-13(21-14)8-10-4-2-1-3-5-10/h1-7,9H,8H2,(H2,18,20)(H,21,22,23). The van der Waals surface area contributed by atoms with Crippen molar-refractivity contribution in [3.05, 3.63) is 69.7 Å². The third kappa shape index (κ3) is 2.65. The van der Waals surface area contributed by atoms with E-state index in [1.54, 1.807) is 12.3 Å². The molecule has 0 unspecified atom stereocenters. The van der Waals surface area contributed by atoms with Gasteiger partial charge in [-0.25, -0.2) is 9.97 Å². The minimum absolute atomic E-state index is 0.183. The smallest absolute Gasteiger partial charge is 0.258 e. The second-order valence-corrected chi connectivity index (χ2v) is 6.19. The van der Waals surface area contributed by atoms with Gasteiger partial charge in [-0.15, -0.1) is 11.3 Å². The molecule has 0 bridgehead atoms. The largest absolute Gasteiger partial charge is 0.375 e. The fourth-order valence-electron chi connectivity index (χ4n) is 2.57. The topological polar surface area (TPSA) is 97.5 Å². The lowest BCUT2D eigenvalue weighted by Crippen LogP contribution is -2.13. The van der Waals surface area contributed by atoms with Crippen LogP contribution in [0, 0.1) is 0 Å². The molecule has 0 saturated carbocycles. The second-order valence-electron chi connectivity index (χ2n) is 5.30. The monoisotopic (exact) mass is 335 g/mol. The Morgan fingerprint density at radius 2 is 1.96 bits per heavy atom. The number of anilines is 1. The van der Waals surface area contributed by atoms with Crippen LogP contribution in [0.15, 0.2) is 52.8 Å². The maximum absolute atomic E-state index is 12.4. The number of aromatic nitrogens is 4. The van der Waals surface area contributed by atoms with E-state index in [1.165, 1.54) is 11.3 Å². The molecule has 0 aliphatic heterocycles. The molecule has 118 valence electrons. The molecule has 1 aromatic carbocycles. The first-order valence-electron chi connectivity index (χ1n) is 7.34. The second kappa shape index (κ2) is 5.86. The number of nitrogens with one attached hydrogen (secondary N) is 1. The van der Waals surface area contributed by atoms with Crippen LogP contribution in [0.2, 0.25) is 0 Å². The zero-order valence-electron chi connectivity index (χ0n) is 12.6. The number of H-pyrrole nitrogens is 1. The summed E-state index contributed by atoms with van der Waals surface area (Å²) in [5, 5.41) is 2.76. The highest BCUT2D eigenvalue weighted by molar-refractivity contribution is 7.13. The van der Waals surface area contributed by atoms with Crippen molar-refractivity contribution in [3.8, 4) is 11.4 Å². The highest BCUT2D eigenvalue weighted by Crippen LogP contribution is 2.26. The van der Waals surface area contributed by atoms with Crippen molar-refractivity contribution in [1.29, 1.82) is 0 Å². The van der Waals surface area contributed by atoms with Gasteiger partial charge in [-0.3, -0.25) is 9.78 Å². The van der Waals surface area contributed by atoms with Crippen LogP contribution in [0.3, 0.4) is 0 Å². The number of thiazole rings is 1. The van der Waals surface area contributed by atoms with Crippen LogP contribution in [-0.2, 0) is 6.42 Å². The van der Waals surface area contributed by atoms with Crippen LogP contribution >= 0.6 is 11.3 Å². The van der Waals surface area contributed by atoms with E-state index in [-0.39, 0.29) is 5.56 Å². The van der Waals surface area contributed by atoms with Crippen molar-refractivity contribution in [3.63, 3.8) is 0 Å². The summed E-state index contributed by atoms with van der Waals surface area (Å²) in [7, 11) is 0. The SMILES string of the molecule is Nc1nc(-c2nccc3c(=O)[nH]c(Cc4ccccc4)nc23)cs1. The van der Waals surface area contributed by atoms with Crippen LogP contribution in [0.4, 0.5) is 5.13 Å². The summed E-state index contributed by atoms with van der Waals surface area (Å²) in [5.41, 5.74) is 8.34. The number of fused-ring (bicyclic) bond motifs is 1.